The maximum absolute atomic E-state index is 12.5. The van der Waals surface area contributed by atoms with Gasteiger partial charge in [0.05, 0.1) is 5.56 Å². The SMILES string of the molecule is CC(/C=C/C(=O)N(C)C)Oc1ccc(Oc2ccc(C(F)(F)F)cn2)cc1. The van der Waals surface area contributed by atoms with Crippen molar-refractivity contribution in [1.82, 2.24) is 9.88 Å². The van der Waals surface area contributed by atoms with Crippen molar-refractivity contribution in [2.45, 2.75) is 19.2 Å². The third-order valence-electron chi connectivity index (χ3n) is 3.38. The second-order valence-electron chi connectivity index (χ2n) is 5.87. The minimum atomic E-state index is -4.44. The maximum Gasteiger partial charge on any atom is 0.417 e. The van der Waals surface area contributed by atoms with Gasteiger partial charge in [0.2, 0.25) is 11.8 Å². The lowest BCUT2D eigenvalue weighted by atomic mass is 10.3. The summed E-state index contributed by atoms with van der Waals surface area (Å²) in [5.74, 6) is 0.867. The lowest BCUT2D eigenvalue weighted by Gasteiger charge is -2.12. The van der Waals surface area contributed by atoms with Crippen LogP contribution in [0.3, 0.4) is 0 Å². The van der Waals surface area contributed by atoms with Crippen LogP contribution in [0.4, 0.5) is 13.2 Å². The summed E-state index contributed by atoms with van der Waals surface area (Å²) in [5, 5.41) is 0. The van der Waals surface area contributed by atoms with Crippen LogP contribution >= 0.6 is 0 Å². The quantitative estimate of drug-likeness (QED) is 0.701. The van der Waals surface area contributed by atoms with E-state index in [1.165, 1.54) is 11.0 Å². The number of carbonyl (C=O) groups is 1. The normalized spacial score (nSPS) is 12.7. The molecule has 0 aliphatic heterocycles. The van der Waals surface area contributed by atoms with Gasteiger partial charge in [-0.05, 0) is 43.3 Å². The van der Waals surface area contributed by atoms with Crippen molar-refractivity contribution in [3.63, 3.8) is 0 Å². The predicted octanol–water partition coefficient (Wildman–Crippen LogP) is 4.30. The van der Waals surface area contributed by atoms with Gasteiger partial charge in [-0.1, -0.05) is 0 Å². The van der Waals surface area contributed by atoms with Gasteiger partial charge in [0.25, 0.3) is 0 Å². The van der Waals surface area contributed by atoms with Crippen molar-refractivity contribution in [2.75, 3.05) is 14.1 Å². The first-order chi connectivity index (χ1) is 12.6. The average molecular weight is 380 g/mol. The van der Waals surface area contributed by atoms with E-state index in [-0.39, 0.29) is 17.9 Å². The molecule has 0 bridgehead atoms. The molecule has 1 unspecified atom stereocenters. The molecule has 27 heavy (non-hydrogen) atoms. The summed E-state index contributed by atoms with van der Waals surface area (Å²) >= 11 is 0. The van der Waals surface area contributed by atoms with E-state index in [1.54, 1.807) is 51.4 Å². The highest BCUT2D eigenvalue weighted by Gasteiger charge is 2.30. The van der Waals surface area contributed by atoms with Crippen molar-refractivity contribution in [1.29, 1.82) is 0 Å². The molecular weight excluding hydrogens is 361 g/mol. The summed E-state index contributed by atoms with van der Waals surface area (Å²) < 4.78 is 48.6. The smallest absolute Gasteiger partial charge is 0.417 e. The Balaban J connectivity index is 1.94. The minimum absolute atomic E-state index is 0.0511. The van der Waals surface area contributed by atoms with E-state index in [9.17, 15) is 18.0 Å². The Labute approximate surface area is 155 Å². The van der Waals surface area contributed by atoms with Crippen LogP contribution in [-0.2, 0) is 11.0 Å². The number of alkyl halides is 3. The first kappa shape index (κ1) is 20.3. The molecule has 1 heterocycles. The molecule has 0 fully saturated rings. The molecule has 0 radical (unpaired) electrons. The highest BCUT2D eigenvalue weighted by molar-refractivity contribution is 5.87. The topological polar surface area (TPSA) is 51.7 Å². The number of halogens is 3. The number of nitrogens with zero attached hydrogens (tertiary/aromatic N) is 2. The lowest BCUT2D eigenvalue weighted by Crippen LogP contribution is -2.20. The summed E-state index contributed by atoms with van der Waals surface area (Å²) in [6, 6.07) is 8.58. The van der Waals surface area contributed by atoms with Crippen LogP contribution in [0.1, 0.15) is 12.5 Å². The van der Waals surface area contributed by atoms with Gasteiger partial charge in [0, 0.05) is 32.4 Å². The van der Waals surface area contributed by atoms with Gasteiger partial charge in [0.15, 0.2) is 0 Å². The fourth-order valence-electron chi connectivity index (χ4n) is 1.94. The standard InChI is InChI=1S/C19H19F3N2O3/c1-13(4-11-18(25)24(2)3)26-15-6-8-16(9-7-15)27-17-10-5-14(12-23-17)19(20,21)22/h4-13H,1-3H3/b11-4+. The van der Waals surface area contributed by atoms with Gasteiger partial charge in [-0.2, -0.15) is 13.2 Å². The van der Waals surface area contributed by atoms with Crippen LogP contribution < -0.4 is 9.47 Å². The molecule has 8 heteroatoms. The van der Waals surface area contributed by atoms with Crippen LogP contribution in [-0.4, -0.2) is 36.0 Å². The van der Waals surface area contributed by atoms with Gasteiger partial charge in [-0.15, -0.1) is 0 Å². The number of hydrogen-bond acceptors (Lipinski definition) is 4. The number of rotatable bonds is 6. The highest BCUT2D eigenvalue weighted by atomic mass is 19.4. The van der Waals surface area contributed by atoms with Gasteiger partial charge in [-0.3, -0.25) is 4.79 Å². The van der Waals surface area contributed by atoms with Crippen molar-refractivity contribution in [3.05, 3.63) is 60.3 Å². The highest BCUT2D eigenvalue weighted by Crippen LogP contribution is 2.30. The Bertz CT molecular complexity index is 785. The summed E-state index contributed by atoms with van der Waals surface area (Å²) in [6.07, 6.45) is -0.975. The Kier molecular flexibility index (Phi) is 6.44. The number of amides is 1. The van der Waals surface area contributed by atoms with E-state index in [1.807, 2.05) is 0 Å². The second kappa shape index (κ2) is 8.57. The van der Waals surface area contributed by atoms with Gasteiger partial charge < -0.3 is 14.4 Å². The Morgan fingerprint density at radius 2 is 1.74 bits per heavy atom. The molecule has 1 aromatic heterocycles. The fraction of sp³-hybridized carbons (Fsp3) is 0.263. The van der Waals surface area contributed by atoms with E-state index >= 15 is 0 Å². The number of pyridine rings is 1. The summed E-state index contributed by atoms with van der Waals surface area (Å²) in [5.41, 5.74) is -0.839. The van der Waals surface area contributed by atoms with E-state index < -0.39 is 11.7 Å². The predicted molar refractivity (Wildman–Crippen MR) is 93.7 cm³/mol. The summed E-state index contributed by atoms with van der Waals surface area (Å²) in [4.78, 5) is 16.6. The first-order valence-corrected chi connectivity index (χ1v) is 8.02. The number of aromatic nitrogens is 1. The third-order valence-corrected chi connectivity index (χ3v) is 3.38. The zero-order valence-corrected chi connectivity index (χ0v) is 15.0. The molecule has 0 aliphatic carbocycles. The molecule has 144 valence electrons. The molecule has 1 atom stereocenters. The van der Waals surface area contributed by atoms with Crippen molar-refractivity contribution < 1.29 is 27.4 Å². The Morgan fingerprint density at radius 1 is 1.11 bits per heavy atom. The average Bonchev–Trinajstić information content (AvgIpc) is 2.61. The fourth-order valence-corrected chi connectivity index (χ4v) is 1.94. The largest absolute Gasteiger partial charge is 0.487 e. The van der Waals surface area contributed by atoms with Crippen molar-refractivity contribution in [3.8, 4) is 17.4 Å². The molecule has 0 spiro atoms. The Morgan fingerprint density at radius 3 is 2.26 bits per heavy atom. The molecule has 2 aromatic rings. The second-order valence-corrected chi connectivity index (χ2v) is 5.87. The molecule has 5 nitrogen and oxygen atoms in total. The molecule has 0 saturated heterocycles. The number of hydrogen-bond donors (Lipinski definition) is 0. The number of carbonyl (C=O) groups excluding carboxylic acids is 1. The van der Waals surface area contributed by atoms with E-state index in [4.69, 9.17) is 9.47 Å². The lowest BCUT2D eigenvalue weighted by molar-refractivity contribution is -0.137. The summed E-state index contributed by atoms with van der Waals surface area (Å²) in [7, 11) is 3.31. The van der Waals surface area contributed by atoms with Crippen LogP contribution in [0, 0.1) is 0 Å². The van der Waals surface area contributed by atoms with Gasteiger partial charge in [0.1, 0.15) is 17.6 Å². The van der Waals surface area contributed by atoms with E-state index in [0.717, 1.165) is 18.3 Å². The molecular formula is C19H19F3N2O3. The summed E-state index contributed by atoms with van der Waals surface area (Å²) in [6.45, 7) is 1.79. The minimum Gasteiger partial charge on any atom is -0.487 e. The molecule has 2 rings (SSSR count). The van der Waals surface area contributed by atoms with Gasteiger partial charge >= 0.3 is 6.18 Å². The van der Waals surface area contributed by atoms with Crippen molar-refractivity contribution >= 4 is 5.91 Å². The monoisotopic (exact) mass is 380 g/mol. The molecule has 0 saturated carbocycles. The zero-order chi connectivity index (χ0) is 20.0. The number of benzene rings is 1. The first-order valence-electron chi connectivity index (χ1n) is 8.02. The maximum atomic E-state index is 12.5. The van der Waals surface area contributed by atoms with Crippen molar-refractivity contribution in [2.24, 2.45) is 0 Å². The Hall–Kier alpha value is -3.03. The van der Waals surface area contributed by atoms with Gasteiger partial charge in [-0.25, -0.2) is 4.98 Å². The van der Waals surface area contributed by atoms with Crippen LogP contribution in [0.2, 0.25) is 0 Å². The molecule has 0 aliphatic rings. The van der Waals surface area contributed by atoms with E-state index in [2.05, 4.69) is 4.98 Å². The zero-order valence-electron chi connectivity index (χ0n) is 15.0. The van der Waals surface area contributed by atoms with E-state index in [0.29, 0.717) is 11.5 Å². The van der Waals surface area contributed by atoms with Crippen LogP contribution in [0.15, 0.2) is 54.7 Å². The van der Waals surface area contributed by atoms with Crippen LogP contribution in [0.5, 0.6) is 17.4 Å². The number of ether oxygens (including phenoxy) is 2. The molecule has 1 aromatic carbocycles. The molecule has 1 amide bonds. The van der Waals surface area contributed by atoms with Crippen LogP contribution in [0.25, 0.3) is 0 Å². The third kappa shape index (κ3) is 6.32. The number of likely N-dealkylation sites (N-methyl/N-ethyl adjacent to an activating group) is 1. The molecule has 0 N–H and O–H groups in total.